The van der Waals surface area contributed by atoms with E-state index in [1.807, 2.05) is 18.2 Å². The van der Waals surface area contributed by atoms with Gasteiger partial charge in [0.1, 0.15) is 5.75 Å². The molecule has 15 heavy (non-hydrogen) atoms. The SMILES string of the molecule is COc1ccc(CCNCCO)cc1N. The lowest BCUT2D eigenvalue weighted by Crippen LogP contribution is -2.20. The van der Waals surface area contributed by atoms with Crippen LogP contribution in [0.3, 0.4) is 0 Å². The number of nitrogen functional groups attached to an aromatic ring is 1. The van der Waals surface area contributed by atoms with Crippen LogP contribution in [0.25, 0.3) is 0 Å². The lowest BCUT2D eigenvalue weighted by Gasteiger charge is -2.07. The third kappa shape index (κ3) is 3.77. The Morgan fingerprint density at radius 2 is 2.20 bits per heavy atom. The molecule has 0 radical (unpaired) electrons. The van der Waals surface area contributed by atoms with E-state index in [2.05, 4.69) is 5.32 Å². The van der Waals surface area contributed by atoms with Crippen molar-refractivity contribution in [1.82, 2.24) is 5.32 Å². The Morgan fingerprint density at radius 3 is 2.80 bits per heavy atom. The van der Waals surface area contributed by atoms with Gasteiger partial charge in [-0.05, 0) is 30.7 Å². The first-order valence-electron chi connectivity index (χ1n) is 5.02. The van der Waals surface area contributed by atoms with E-state index in [0.717, 1.165) is 13.0 Å². The maximum atomic E-state index is 8.58. The largest absolute Gasteiger partial charge is 0.495 e. The molecular formula is C11H18N2O2. The number of nitrogens with one attached hydrogen (secondary N) is 1. The van der Waals surface area contributed by atoms with E-state index in [9.17, 15) is 0 Å². The fourth-order valence-electron chi connectivity index (χ4n) is 1.38. The smallest absolute Gasteiger partial charge is 0.141 e. The maximum Gasteiger partial charge on any atom is 0.141 e. The second kappa shape index (κ2) is 6.27. The summed E-state index contributed by atoms with van der Waals surface area (Å²) in [6.45, 7) is 1.64. The highest BCUT2D eigenvalue weighted by Gasteiger charge is 2.00. The number of rotatable bonds is 6. The summed E-state index contributed by atoms with van der Waals surface area (Å²) in [5.41, 5.74) is 7.61. The van der Waals surface area contributed by atoms with Crippen LogP contribution in [0.2, 0.25) is 0 Å². The van der Waals surface area contributed by atoms with E-state index < -0.39 is 0 Å². The minimum absolute atomic E-state index is 0.171. The van der Waals surface area contributed by atoms with Gasteiger partial charge in [-0.15, -0.1) is 0 Å². The van der Waals surface area contributed by atoms with Gasteiger partial charge < -0.3 is 20.9 Å². The monoisotopic (exact) mass is 210 g/mol. The van der Waals surface area contributed by atoms with Gasteiger partial charge in [0.25, 0.3) is 0 Å². The molecule has 0 aliphatic rings. The summed E-state index contributed by atoms with van der Waals surface area (Å²) in [6.07, 6.45) is 0.897. The topological polar surface area (TPSA) is 67.5 Å². The Hall–Kier alpha value is -1.26. The fraction of sp³-hybridized carbons (Fsp3) is 0.455. The molecule has 0 spiro atoms. The molecule has 4 heteroatoms. The van der Waals surface area contributed by atoms with E-state index in [-0.39, 0.29) is 6.61 Å². The van der Waals surface area contributed by atoms with Crippen LogP contribution >= 0.6 is 0 Å². The van der Waals surface area contributed by atoms with Crippen molar-refractivity contribution < 1.29 is 9.84 Å². The Labute approximate surface area is 90.1 Å². The molecule has 0 fully saturated rings. The lowest BCUT2D eigenvalue weighted by atomic mass is 10.1. The number of hydrogen-bond acceptors (Lipinski definition) is 4. The highest BCUT2D eigenvalue weighted by molar-refractivity contribution is 5.54. The molecule has 0 aliphatic carbocycles. The molecule has 1 rings (SSSR count). The van der Waals surface area contributed by atoms with Crippen molar-refractivity contribution in [2.45, 2.75) is 6.42 Å². The first-order chi connectivity index (χ1) is 7.27. The van der Waals surface area contributed by atoms with Gasteiger partial charge in [0.15, 0.2) is 0 Å². The van der Waals surface area contributed by atoms with E-state index in [4.69, 9.17) is 15.6 Å². The molecule has 0 aliphatic heterocycles. The van der Waals surface area contributed by atoms with Crippen molar-refractivity contribution in [3.05, 3.63) is 23.8 Å². The summed E-state index contributed by atoms with van der Waals surface area (Å²) in [5, 5.41) is 11.7. The molecule has 4 N–H and O–H groups in total. The van der Waals surface area contributed by atoms with Gasteiger partial charge in [0, 0.05) is 6.54 Å². The number of ether oxygens (including phenoxy) is 1. The quantitative estimate of drug-likeness (QED) is 0.470. The Bertz CT molecular complexity index is 303. The average molecular weight is 210 g/mol. The molecule has 0 aromatic heterocycles. The predicted octanol–water partition coefficient (Wildman–Crippen LogP) is 0.402. The number of benzene rings is 1. The van der Waals surface area contributed by atoms with Crippen LogP contribution in [0.15, 0.2) is 18.2 Å². The van der Waals surface area contributed by atoms with Gasteiger partial charge in [-0.2, -0.15) is 0 Å². The summed E-state index contributed by atoms with van der Waals surface area (Å²) >= 11 is 0. The number of aliphatic hydroxyl groups excluding tert-OH is 1. The molecular weight excluding hydrogens is 192 g/mol. The van der Waals surface area contributed by atoms with E-state index >= 15 is 0 Å². The van der Waals surface area contributed by atoms with Crippen LogP contribution in [-0.4, -0.2) is 31.9 Å². The van der Waals surface area contributed by atoms with Crippen molar-refractivity contribution in [2.24, 2.45) is 0 Å². The van der Waals surface area contributed by atoms with E-state index in [1.54, 1.807) is 7.11 Å². The van der Waals surface area contributed by atoms with Crippen LogP contribution in [0.1, 0.15) is 5.56 Å². The third-order valence-corrected chi connectivity index (χ3v) is 2.17. The van der Waals surface area contributed by atoms with Crippen LogP contribution in [-0.2, 0) is 6.42 Å². The summed E-state index contributed by atoms with van der Waals surface area (Å²) in [4.78, 5) is 0. The van der Waals surface area contributed by atoms with Gasteiger partial charge in [-0.1, -0.05) is 6.07 Å². The molecule has 1 aromatic carbocycles. The molecule has 0 bridgehead atoms. The van der Waals surface area contributed by atoms with Gasteiger partial charge in [-0.3, -0.25) is 0 Å². The fourth-order valence-corrected chi connectivity index (χ4v) is 1.38. The summed E-state index contributed by atoms with van der Waals surface area (Å²) < 4.78 is 5.07. The zero-order chi connectivity index (χ0) is 11.1. The van der Waals surface area contributed by atoms with Gasteiger partial charge >= 0.3 is 0 Å². The third-order valence-electron chi connectivity index (χ3n) is 2.17. The second-order valence-electron chi connectivity index (χ2n) is 3.30. The van der Waals surface area contributed by atoms with Crippen molar-refractivity contribution in [2.75, 3.05) is 32.5 Å². The molecule has 0 heterocycles. The normalized spacial score (nSPS) is 10.3. The molecule has 4 nitrogen and oxygen atoms in total. The van der Waals surface area contributed by atoms with Crippen molar-refractivity contribution in [1.29, 1.82) is 0 Å². The highest BCUT2D eigenvalue weighted by atomic mass is 16.5. The molecule has 0 amide bonds. The van der Waals surface area contributed by atoms with Gasteiger partial charge in [0.05, 0.1) is 19.4 Å². The number of nitrogens with two attached hydrogens (primary N) is 1. The summed E-state index contributed by atoms with van der Waals surface area (Å²) in [6, 6.07) is 5.78. The highest BCUT2D eigenvalue weighted by Crippen LogP contribution is 2.21. The number of methoxy groups -OCH3 is 1. The van der Waals surface area contributed by atoms with Gasteiger partial charge in [-0.25, -0.2) is 0 Å². The van der Waals surface area contributed by atoms with Crippen LogP contribution in [0, 0.1) is 0 Å². The standard InChI is InChI=1S/C11H18N2O2/c1-15-11-3-2-9(8-10(11)12)4-5-13-6-7-14/h2-3,8,13-14H,4-7,12H2,1H3. The summed E-state index contributed by atoms with van der Waals surface area (Å²) in [7, 11) is 1.61. The first-order valence-corrected chi connectivity index (χ1v) is 5.02. The second-order valence-corrected chi connectivity index (χ2v) is 3.30. The van der Waals surface area contributed by atoms with Crippen molar-refractivity contribution in [3.8, 4) is 5.75 Å². The Morgan fingerprint density at radius 1 is 1.40 bits per heavy atom. The minimum Gasteiger partial charge on any atom is -0.495 e. The number of anilines is 1. The first kappa shape index (κ1) is 11.8. The Kier molecular flexibility index (Phi) is 4.93. The molecule has 84 valence electrons. The Balaban J connectivity index is 2.45. The molecule has 0 atom stereocenters. The molecule has 1 aromatic rings. The average Bonchev–Trinajstić information content (AvgIpc) is 2.25. The maximum absolute atomic E-state index is 8.58. The van der Waals surface area contributed by atoms with Gasteiger partial charge in [0.2, 0.25) is 0 Å². The minimum atomic E-state index is 0.171. The van der Waals surface area contributed by atoms with Crippen LogP contribution < -0.4 is 15.8 Å². The number of hydrogen-bond donors (Lipinski definition) is 3. The summed E-state index contributed by atoms with van der Waals surface area (Å²) in [5.74, 6) is 0.710. The lowest BCUT2D eigenvalue weighted by molar-refractivity contribution is 0.293. The zero-order valence-corrected chi connectivity index (χ0v) is 8.99. The molecule has 0 saturated carbocycles. The van der Waals surface area contributed by atoms with E-state index in [0.29, 0.717) is 18.0 Å². The van der Waals surface area contributed by atoms with Crippen LogP contribution in [0.4, 0.5) is 5.69 Å². The number of aliphatic hydroxyl groups is 1. The predicted molar refractivity (Wildman–Crippen MR) is 61.1 cm³/mol. The zero-order valence-electron chi connectivity index (χ0n) is 8.99. The van der Waals surface area contributed by atoms with Crippen LogP contribution in [0.5, 0.6) is 5.75 Å². The van der Waals surface area contributed by atoms with Crippen molar-refractivity contribution >= 4 is 5.69 Å². The van der Waals surface area contributed by atoms with Crippen molar-refractivity contribution in [3.63, 3.8) is 0 Å². The van der Waals surface area contributed by atoms with E-state index in [1.165, 1.54) is 5.56 Å². The molecule has 0 saturated heterocycles. The molecule has 0 unspecified atom stereocenters.